The van der Waals surface area contributed by atoms with Gasteiger partial charge in [0.05, 0.1) is 5.69 Å². The summed E-state index contributed by atoms with van der Waals surface area (Å²) >= 11 is 3.42. The van der Waals surface area contributed by atoms with E-state index < -0.39 is 0 Å². The maximum absolute atomic E-state index is 4.05. The van der Waals surface area contributed by atoms with E-state index in [1.54, 1.807) is 4.68 Å². The van der Waals surface area contributed by atoms with Crippen molar-refractivity contribution in [3.05, 3.63) is 40.8 Å². The molecule has 2 aromatic rings. The lowest BCUT2D eigenvalue weighted by molar-refractivity contribution is 0.470. The van der Waals surface area contributed by atoms with Crippen molar-refractivity contribution in [2.75, 3.05) is 13.1 Å². The van der Waals surface area contributed by atoms with Crippen molar-refractivity contribution in [1.29, 1.82) is 0 Å². The van der Waals surface area contributed by atoms with Gasteiger partial charge in [0.25, 0.3) is 0 Å². The largest absolute Gasteiger partial charge is 0.377 e. The van der Waals surface area contributed by atoms with Gasteiger partial charge in [-0.1, -0.05) is 15.9 Å². The van der Waals surface area contributed by atoms with Crippen LogP contribution in [0.2, 0.25) is 0 Å². The fraction of sp³-hybridized carbons (Fsp3) is 0.308. The summed E-state index contributed by atoms with van der Waals surface area (Å²) < 4.78 is 2.78. The van der Waals surface area contributed by atoms with Crippen LogP contribution in [0.25, 0.3) is 11.8 Å². The van der Waals surface area contributed by atoms with Gasteiger partial charge in [0.1, 0.15) is 0 Å². The molecule has 0 amide bonds. The molecular weight excluding hydrogens is 306 g/mol. The standard InChI is InChI=1S/C13H14BrN5/c14-11-3-5-12(6-4-11)19-13(15-16-17-19)7-10-18-8-1-2-9-18/h3-7,10H,1-2,8-9H2/b10-7+. The van der Waals surface area contributed by atoms with E-state index in [0.717, 1.165) is 29.1 Å². The lowest BCUT2D eigenvalue weighted by atomic mass is 10.3. The van der Waals surface area contributed by atoms with Gasteiger partial charge in [0, 0.05) is 29.8 Å². The van der Waals surface area contributed by atoms with Crippen LogP contribution in [0.3, 0.4) is 0 Å². The molecule has 0 bridgehead atoms. The monoisotopic (exact) mass is 319 g/mol. The third-order valence-electron chi connectivity index (χ3n) is 3.14. The second-order valence-electron chi connectivity index (χ2n) is 4.48. The second-order valence-corrected chi connectivity index (χ2v) is 5.40. The molecule has 1 aliphatic heterocycles. The minimum atomic E-state index is 0.745. The van der Waals surface area contributed by atoms with Crippen LogP contribution < -0.4 is 0 Å². The summed E-state index contributed by atoms with van der Waals surface area (Å²) in [6, 6.07) is 7.91. The van der Waals surface area contributed by atoms with Gasteiger partial charge >= 0.3 is 0 Å². The number of halogens is 1. The number of benzene rings is 1. The van der Waals surface area contributed by atoms with Crippen LogP contribution in [0.1, 0.15) is 18.7 Å². The summed E-state index contributed by atoms with van der Waals surface area (Å²) in [7, 11) is 0. The molecule has 0 N–H and O–H groups in total. The summed E-state index contributed by atoms with van der Waals surface area (Å²) in [5.74, 6) is 0.745. The van der Waals surface area contributed by atoms with E-state index in [1.807, 2.05) is 30.3 Å². The molecule has 98 valence electrons. The average molecular weight is 320 g/mol. The zero-order valence-electron chi connectivity index (χ0n) is 10.4. The topological polar surface area (TPSA) is 46.8 Å². The van der Waals surface area contributed by atoms with Crippen LogP contribution in [-0.2, 0) is 0 Å². The van der Waals surface area contributed by atoms with Crippen molar-refractivity contribution < 1.29 is 0 Å². The van der Waals surface area contributed by atoms with Crippen molar-refractivity contribution >= 4 is 22.0 Å². The van der Waals surface area contributed by atoms with E-state index in [2.05, 4.69) is 42.6 Å². The summed E-state index contributed by atoms with van der Waals surface area (Å²) in [5, 5.41) is 11.8. The smallest absolute Gasteiger partial charge is 0.181 e. The Morgan fingerprint density at radius 2 is 1.84 bits per heavy atom. The third kappa shape index (κ3) is 2.84. The Labute approximate surface area is 120 Å². The van der Waals surface area contributed by atoms with E-state index in [4.69, 9.17) is 0 Å². The van der Waals surface area contributed by atoms with Gasteiger partial charge in [0.2, 0.25) is 0 Å². The van der Waals surface area contributed by atoms with Gasteiger partial charge in [-0.2, -0.15) is 4.68 Å². The minimum absolute atomic E-state index is 0.745. The van der Waals surface area contributed by atoms with Crippen molar-refractivity contribution in [2.45, 2.75) is 12.8 Å². The molecule has 0 spiro atoms. The van der Waals surface area contributed by atoms with Gasteiger partial charge in [-0.3, -0.25) is 0 Å². The molecule has 0 atom stereocenters. The second kappa shape index (κ2) is 5.52. The summed E-state index contributed by atoms with van der Waals surface area (Å²) in [6.45, 7) is 2.24. The molecule has 1 aromatic heterocycles. The molecule has 0 saturated carbocycles. The fourth-order valence-corrected chi connectivity index (χ4v) is 2.39. The summed E-state index contributed by atoms with van der Waals surface area (Å²) in [6.07, 6.45) is 6.57. The van der Waals surface area contributed by atoms with Gasteiger partial charge in [-0.15, -0.1) is 5.10 Å². The number of hydrogen-bond donors (Lipinski definition) is 0. The number of aromatic nitrogens is 4. The molecule has 1 aliphatic rings. The SMILES string of the molecule is Brc1ccc(-n2nnnc2/C=C/N2CCCC2)cc1. The molecule has 1 aromatic carbocycles. The molecule has 0 radical (unpaired) electrons. The summed E-state index contributed by atoms with van der Waals surface area (Å²) in [4.78, 5) is 2.29. The normalized spacial score (nSPS) is 15.5. The molecule has 1 saturated heterocycles. The first kappa shape index (κ1) is 12.3. The third-order valence-corrected chi connectivity index (χ3v) is 3.67. The number of hydrogen-bond acceptors (Lipinski definition) is 4. The van der Waals surface area contributed by atoms with E-state index >= 15 is 0 Å². The van der Waals surface area contributed by atoms with Crippen LogP contribution >= 0.6 is 15.9 Å². The van der Waals surface area contributed by atoms with E-state index in [9.17, 15) is 0 Å². The number of rotatable bonds is 3. The van der Waals surface area contributed by atoms with E-state index in [1.165, 1.54) is 12.8 Å². The van der Waals surface area contributed by atoms with Gasteiger partial charge < -0.3 is 4.90 Å². The Morgan fingerprint density at radius 3 is 2.58 bits per heavy atom. The van der Waals surface area contributed by atoms with Crippen LogP contribution in [-0.4, -0.2) is 38.2 Å². The molecule has 19 heavy (non-hydrogen) atoms. The van der Waals surface area contributed by atoms with Crippen LogP contribution in [0.5, 0.6) is 0 Å². The number of nitrogens with zero attached hydrogens (tertiary/aromatic N) is 5. The number of likely N-dealkylation sites (tertiary alicyclic amines) is 1. The lowest BCUT2D eigenvalue weighted by Gasteiger charge is -2.09. The van der Waals surface area contributed by atoms with Crippen LogP contribution in [0.15, 0.2) is 34.9 Å². The van der Waals surface area contributed by atoms with E-state index in [0.29, 0.717) is 0 Å². The maximum Gasteiger partial charge on any atom is 0.181 e. The fourth-order valence-electron chi connectivity index (χ4n) is 2.13. The van der Waals surface area contributed by atoms with Crippen molar-refractivity contribution in [1.82, 2.24) is 25.1 Å². The molecular formula is C13H14BrN5. The first-order valence-electron chi connectivity index (χ1n) is 6.29. The Kier molecular flexibility index (Phi) is 3.59. The highest BCUT2D eigenvalue weighted by Crippen LogP contribution is 2.15. The molecule has 3 rings (SSSR count). The Bertz CT molecular complexity index is 569. The van der Waals surface area contributed by atoms with Gasteiger partial charge in [-0.25, -0.2) is 0 Å². The van der Waals surface area contributed by atoms with Crippen molar-refractivity contribution in [3.63, 3.8) is 0 Å². The van der Waals surface area contributed by atoms with Gasteiger partial charge in [0.15, 0.2) is 5.82 Å². The molecule has 1 fully saturated rings. The zero-order valence-corrected chi connectivity index (χ0v) is 12.0. The predicted molar refractivity (Wildman–Crippen MR) is 76.7 cm³/mol. The highest BCUT2D eigenvalue weighted by Gasteiger charge is 2.08. The molecule has 2 heterocycles. The lowest BCUT2D eigenvalue weighted by Crippen LogP contribution is -2.10. The predicted octanol–water partition coefficient (Wildman–Crippen LogP) is 2.49. The van der Waals surface area contributed by atoms with Crippen LogP contribution in [0.4, 0.5) is 0 Å². The van der Waals surface area contributed by atoms with E-state index in [-0.39, 0.29) is 0 Å². The Hall–Kier alpha value is -1.69. The first-order chi connectivity index (χ1) is 9.33. The quantitative estimate of drug-likeness (QED) is 0.872. The van der Waals surface area contributed by atoms with Crippen LogP contribution in [0, 0.1) is 0 Å². The maximum atomic E-state index is 4.05. The van der Waals surface area contributed by atoms with Gasteiger partial charge in [-0.05, 0) is 47.5 Å². The highest BCUT2D eigenvalue weighted by molar-refractivity contribution is 9.10. The Morgan fingerprint density at radius 1 is 1.11 bits per heavy atom. The number of tetrazole rings is 1. The van der Waals surface area contributed by atoms with Crippen molar-refractivity contribution in [3.8, 4) is 5.69 Å². The molecule has 0 unspecified atom stereocenters. The summed E-state index contributed by atoms with van der Waals surface area (Å²) in [5.41, 5.74) is 0.953. The molecule has 5 nitrogen and oxygen atoms in total. The highest BCUT2D eigenvalue weighted by atomic mass is 79.9. The Balaban J connectivity index is 1.83. The minimum Gasteiger partial charge on any atom is -0.377 e. The molecule has 6 heteroatoms. The average Bonchev–Trinajstić information content (AvgIpc) is 3.08. The first-order valence-corrected chi connectivity index (χ1v) is 7.09. The zero-order chi connectivity index (χ0) is 13.1. The molecule has 0 aliphatic carbocycles. The van der Waals surface area contributed by atoms with Crippen molar-refractivity contribution in [2.24, 2.45) is 0 Å².